The first kappa shape index (κ1) is 13.0. The summed E-state index contributed by atoms with van der Waals surface area (Å²) < 4.78 is 26.2. The molecule has 0 spiro atoms. The minimum absolute atomic E-state index is 0.0790. The van der Waals surface area contributed by atoms with Gasteiger partial charge in [0.25, 0.3) is 0 Å². The van der Waals surface area contributed by atoms with Gasteiger partial charge in [0.2, 0.25) is 10.0 Å². The molecule has 1 unspecified atom stereocenters. The van der Waals surface area contributed by atoms with Crippen molar-refractivity contribution in [1.29, 1.82) is 0 Å². The molecule has 0 heterocycles. The molecule has 4 N–H and O–H groups in total. The number of aliphatic hydroxyl groups is 1. The summed E-state index contributed by atoms with van der Waals surface area (Å²) in [5.74, 6) is 0. The first-order valence-corrected chi connectivity index (χ1v) is 6.35. The standard InChI is InChI=1S/C10H16N2O3S/c1-7-4-3-5-9(11)10(7)16(14,15)12-8(2)6-13/h3-5,8,12-13H,6,11H2,1-2H3. The van der Waals surface area contributed by atoms with E-state index in [1.54, 1.807) is 26.0 Å². The summed E-state index contributed by atoms with van der Waals surface area (Å²) >= 11 is 0. The smallest absolute Gasteiger partial charge is 0.243 e. The third-order valence-corrected chi connectivity index (χ3v) is 3.95. The SMILES string of the molecule is Cc1cccc(N)c1S(=O)(=O)NC(C)CO. The summed E-state index contributed by atoms with van der Waals surface area (Å²) in [6, 6.07) is 4.36. The fraction of sp³-hybridized carbons (Fsp3) is 0.400. The maximum absolute atomic E-state index is 11.9. The Bertz CT molecular complexity index is 451. The van der Waals surface area contributed by atoms with Gasteiger partial charge in [0.05, 0.1) is 12.3 Å². The van der Waals surface area contributed by atoms with Crippen LogP contribution >= 0.6 is 0 Å². The fourth-order valence-electron chi connectivity index (χ4n) is 1.40. The van der Waals surface area contributed by atoms with Gasteiger partial charge in [0.1, 0.15) is 4.90 Å². The van der Waals surface area contributed by atoms with Gasteiger partial charge in [-0.05, 0) is 25.5 Å². The number of sulfonamides is 1. The number of anilines is 1. The van der Waals surface area contributed by atoms with Crippen molar-refractivity contribution in [2.75, 3.05) is 12.3 Å². The largest absolute Gasteiger partial charge is 0.398 e. The fourth-order valence-corrected chi connectivity index (χ4v) is 3.00. The molecule has 0 saturated heterocycles. The van der Waals surface area contributed by atoms with Crippen LogP contribution in [-0.4, -0.2) is 26.2 Å². The van der Waals surface area contributed by atoms with Crippen LogP contribution in [0.2, 0.25) is 0 Å². The quantitative estimate of drug-likeness (QED) is 0.661. The van der Waals surface area contributed by atoms with Crippen molar-refractivity contribution in [2.24, 2.45) is 0 Å². The van der Waals surface area contributed by atoms with E-state index in [1.807, 2.05) is 0 Å². The average Bonchev–Trinajstić information content (AvgIpc) is 2.16. The second kappa shape index (κ2) is 4.82. The third kappa shape index (κ3) is 2.72. The van der Waals surface area contributed by atoms with Crippen LogP contribution in [0.3, 0.4) is 0 Å². The van der Waals surface area contributed by atoms with E-state index in [9.17, 15) is 8.42 Å². The number of hydrogen-bond donors (Lipinski definition) is 3. The van der Waals surface area contributed by atoms with Crippen molar-refractivity contribution in [3.63, 3.8) is 0 Å². The molecule has 1 atom stereocenters. The number of aryl methyl sites for hydroxylation is 1. The van der Waals surface area contributed by atoms with E-state index in [2.05, 4.69) is 4.72 Å². The van der Waals surface area contributed by atoms with Gasteiger partial charge in [0.15, 0.2) is 0 Å². The zero-order valence-electron chi connectivity index (χ0n) is 9.27. The van der Waals surface area contributed by atoms with Crippen LogP contribution in [0.4, 0.5) is 5.69 Å². The third-order valence-electron chi connectivity index (χ3n) is 2.14. The van der Waals surface area contributed by atoms with Crippen LogP contribution in [0, 0.1) is 6.92 Å². The van der Waals surface area contributed by atoms with E-state index in [4.69, 9.17) is 10.8 Å². The molecule has 1 rings (SSSR count). The summed E-state index contributed by atoms with van der Waals surface area (Å²) in [5.41, 5.74) is 6.43. The second-order valence-corrected chi connectivity index (χ2v) is 5.35. The molecule has 6 heteroatoms. The summed E-state index contributed by atoms with van der Waals surface area (Å²) in [7, 11) is -3.67. The van der Waals surface area contributed by atoms with Crippen LogP contribution in [0.15, 0.2) is 23.1 Å². The van der Waals surface area contributed by atoms with Crippen LogP contribution in [0.5, 0.6) is 0 Å². The molecule has 5 nitrogen and oxygen atoms in total. The molecule has 0 amide bonds. The topological polar surface area (TPSA) is 92.4 Å². The van der Waals surface area contributed by atoms with E-state index in [1.165, 1.54) is 6.07 Å². The van der Waals surface area contributed by atoms with Crippen LogP contribution in [0.25, 0.3) is 0 Å². The maximum Gasteiger partial charge on any atom is 0.243 e. The van der Waals surface area contributed by atoms with E-state index in [0.29, 0.717) is 5.56 Å². The number of rotatable bonds is 4. The van der Waals surface area contributed by atoms with Crippen molar-refractivity contribution < 1.29 is 13.5 Å². The molecule has 0 aliphatic heterocycles. The predicted molar refractivity (Wildman–Crippen MR) is 62.5 cm³/mol. The van der Waals surface area contributed by atoms with Gasteiger partial charge in [-0.2, -0.15) is 0 Å². The van der Waals surface area contributed by atoms with Gasteiger partial charge in [0, 0.05) is 6.04 Å². The van der Waals surface area contributed by atoms with Gasteiger partial charge < -0.3 is 10.8 Å². The van der Waals surface area contributed by atoms with E-state index in [0.717, 1.165) is 0 Å². The van der Waals surface area contributed by atoms with Gasteiger partial charge >= 0.3 is 0 Å². The molecule has 0 aliphatic carbocycles. The molecule has 1 aromatic rings. The van der Waals surface area contributed by atoms with Gasteiger partial charge in [-0.3, -0.25) is 0 Å². The Hall–Kier alpha value is -1.11. The molecular weight excluding hydrogens is 228 g/mol. The molecule has 0 saturated carbocycles. The van der Waals surface area contributed by atoms with Crippen LogP contribution < -0.4 is 10.5 Å². The normalized spacial score (nSPS) is 13.7. The number of aliphatic hydroxyl groups excluding tert-OH is 1. The highest BCUT2D eigenvalue weighted by Crippen LogP contribution is 2.22. The minimum atomic E-state index is -3.67. The lowest BCUT2D eigenvalue weighted by atomic mass is 10.2. The zero-order valence-corrected chi connectivity index (χ0v) is 10.1. The molecule has 0 radical (unpaired) electrons. The van der Waals surface area contributed by atoms with Crippen molar-refractivity contribution in [3.8, 4) is 0 Å². The molecule has 0 aromatic heterocycles. The first-order valence-electron chi connectivity index (χ1n) is 4.86. The molecule has 0 fully saturated rings. The highest BCUT2D eigenvalue weighted by molar-refractivity contribution is 7.89. The number of benzene rings is 1. The Kier molecular flexibility index (Phi) is 3.90. The van der Waals surface area contributed by atoms with Crippen molar-refractivity contribution in [1.82, 2.24) is 4.72 Å². The molecule has 90 valence electrons. The zero-order chi connectivity index (χ0) is 12.3. The van der Waals surface area contributed by atoms with E-state index >= 15 is 0 Å². The van der Waals surface area contributed by atoms with Crippen LogP contribution in [0.1, 0.15) is 12.5 Å². The highest BCUT2D eigenvalue weighted by Gasteiger charge is 2.21. The summed E-state index contributed by atoms with van der Waals surface area (Å²) in [6.45, 7) is 2.99. The summed E-state index contributed by atoms with van der Waals surface area (Å²) in [4.78, 5) is 0.0790. The molecule has 1 aromatic carbocycles. The second-order valence-electron chi connectivity index (χ2n) is 3.70. The molecular formula is C10H16N2O3S. The van der Waals surface area contributed by atoms with Gasteiger partial charge in [-0.1, -0.05) is 12.1 Å². The predicted octanol–water partition coefficient (Wildman–Crippen LogP) is 0.236. The number of hydrogen-bond acceptors (Lipinski definition) is 4. The molecule has 0 bridgehead atoms. The monoisotopic (exact) mass is 244 g/mol. The Morgan fingerprint density at radius 3 is 2.62 bits per heavy atom. The average molecular weight is 244 g/mol. The summed E-state index contributed by atoms with van der Waals surface area (Å²) in [5, 5.41) is 8.83. The first-order chi connectivity index (χ1) is 7.38. The van der Waals surface area contributed by atoms with Crippen molar-refractivity contribution in [3.05, 3.63) is 23.8 Å². The number of nitrogens with two attached hydrogens (primary N) is 1. The van der Waals surface area contributed by atoms with Crippen molar-refractivity contribution in [2.45, 2.75) is 24.8 Å². The Morgan fingerprint density at radius 2 is 2.12 bits per heavy atom. The highest BCUT2D eigenvalue weighted by atomic mass is 32.2. The molecule has 16 heavy (non-hydrogen) atoms. The maximum atomic E-state index is 11.9. The summed E-state index contributed by atoms with van der Waals surface area (Å²) in [6.07, 6.45) is 0. The Balaban J connectivity index is 3.17. The van der Waals surface area contributed by atoms with Gasteiger partial charge in [-0.15, -0.1) is 0 Å². The molecule has 0 aliphatic rings. The number of nitrogen functional groups attached to an aromatic ring is 1. The lowest BCUT2D eigenvalue weighted by Gasteiger charge is -2.14. The van der Waals surface area contributed by atoms with E-state index < -0.39 is 16.1 Å². The number of nitrogens with one attached hydrogen (secondary N) is 1. The Labute approximate surface area is 95.3 Å². The lowest BCUT2D eigenvalue weighted by Crippen LogP contribution is -2.35. The Morgan fingerprint density at radius 1 is 1.50 bits per heavy atom. The van der Waals surface area contributed by atoms with Crippen molar-refractivity contribution >= 4 is 15.7 Å². The van der Waals surface area contributed by atoms with Gasteiger partial charge in [-0.25, -0.2) is 13.1 Å². The van der Waals surface area contributed by atoms with E-state index in [-0.39, 0.29) is 17.2 Å². The minimum Gasteiger partial charge on any atom is -0.398 e. The lowest BCUT2D eigenvalue weighted by molar-refractivity contribution is 0.265. The van der Waals surface area contributed by atoms with Crippen LogP contribution in [-0.2, 0) is 10.0 Å².